The highest BCUT2D eigenvalue weighted by Crippen LogP contribution is 2.50. The van der Waals surface area contributed by atoms with Crippen molar-refractivity contribution in [1.29, 1.82) is 0 Å². The number of benzene rings is 4. The molecule has 0 unspecified atom stereocenters. The molecule has 0 aliphatic heterocycles. The monoisotopic (exact) mass is 630 g/mol. The molecule has 4 aromatic rings. The minimum absolute atomic E-state index is 0.106. The third-order valence-corrected chi connectivity index (χ3v) is 13.4. The van der Waals surface area contributed by atoms with E-state index in [1.54, 1.807) is 86.6 Å². The molecule has 0 spiro atoms. The molecule has 0 radical (unpaired) electrons. The topological polar surface area (TPSA) is 94.6 Å². The zero-order valence-electron chi connectivity index (χ0n) is 26.1. The third kappa shape index (κ3) is 7.80. The molecule has 6 nitrogen and oxygen atoms in total. The molecule has 0 aromatic heterocycles. The van der Waals surface area contributed by atoms with Gasteiger partial charge in [0.15, 0.2) is 0 Å². The SMILES string of the molecule is CC(=O)OCC(C)(C)C(=O)P(=O)(c1ccccc1)c1ccccc1.CC(C)(C)C(=O)P(=O)(c1ccccc1)c1ccccc1. The molecular weight excluding hydrogens is 590 g/mol. The highest BCUT2D eigenvalue weighted by Gasteiger charge is 2.45. The summed E-state index contributed by atoms with van der Waals surface area (Å²) in [5.41, 5.74) is -2.34. The average Bonchev–Trinajstić information content (AvgIpc) is 3.04. The van der Waals surface area contributed by atoms with Crippen LogP contribution in [0.2, 0.25) is 0 Å². The molecule has 0 atom stereocenters. The molecule has 0 N–H and O–H groups in total. The number of esters is 1. The molecule has 0 saturated carbocycles. The van der Waals surface area contributed by atoms with Crippen molar-refractivity contribution < 1.29 is 28.3 Å². The molecule has 0 aliphatic rings. The number of rotatable bonds is 9. The predicted octanol–water partition coefficient (Wildman–Crippen LogP) is 6.69. The maximum Gasteiger partial charge on any atom is 0.302 e. The van der Waals surface area contributed by atoms with Crippen LogP contribution in [0.25, 0.3) is 0 Å². The van der Waals surface area contributed by atoms with E-state index in [0.29, 0.717) is 21.2 Å². The quantitative estimate of drug-likeness (QED) is 0.151. The Labute approximate surface area is 260 Å². The number of hydrogen-bond acceptors (Lipinski definition) is 6. The summed E-state index contributed by atoms with van der Waals surface area (Å²) in [7, 11) is -6.80. The summed E-state index contributed by atoms with van der Waals surface area (Å²) in [6.07, 6.45) is 0. The van der Waals surface area contributed by atoms with Gasteiger partial charge in [-0.2, -0.15) is 0 Å². The summed E-state index contributed by atoms with van der Waals surface area (Å²) in [5.74, 6) is -0.467. The highest BCUT2D eigenvalue weighted by atomic mass is 31.2. The number of hydrogen-bond donors (Lipinski definition) is 0. The van der Waals surface area contributed by atoms with E-state index in [-0.39, 0.29) is 12.1 Å². The van der Waals surface area contributed by atoms with Crippen LogP contribution >= 0.6 is 14.3 Å². The fraction of sp³-hybridized carbons (Fsp3) is 0.250. The first-order valence-electron chi connectivity index (χ1n) is 14.3. The van der Waals surface area contributed by atoms with Gasteiger partial charge in [0.1, 0.15) is 6.61 Å². The van der Waals surface area contributed by atoms with Gasteiger partial charge in [-0.05, 0) is 13.8 Å². The Morgan fingerprint density at radius 2 is 0.795 bits per heavy atom. The second-order valence-corrected chi connectivity index (χ2v) is 17.4. The van der Waals surface area contributed by atoms with Crippen LogP contribution in [-0.4, -0.2) is 23.6 Å². The molecule has 0 aliphatic carbocycles. The van der Waals surface area contributed by atoms with Crippen molar-refractivity contribution in [3.05, 3.63) is 121 Å². The first kappa shape index (κ1) is 34.6. The molecule has 0 amide bonds. The molecule has 0 saturated heterocycles. The molecule has 44 heavy (non-hydrogen) atoms. The summed E-state index contributed by atoms with van der Waals surface area (Å²) in [5, 5.41) is 2.17. The number of carbonyl (C=O) groups excluding carboxylic acids is 3. The van der Waals surface area contributed by atoms with E-state index >= 15 is 0 Å². The largest absolute Gasteiger partial charge is 0.465 e. The minimum atomic E-state index is -3.53. The molecule has 8 heteroatoms. The second kappa shape index (κ2) is 14.3. The summed E-state index contributed by atoms with van der Waals surface area (Å²) >= 11 is 0. The molecule has 0 heterocycles. The van der Waals surface area contributed by atoms with Crippen molar-refractivity contribution in [2.45, 2.75) is 41.5 Å². The van der Waals surface area contributed by atoms with E-state index in [4.69, 9.17) is 4.74 Å². The van der Waals surface area contributed by atoms with Gasteiger partial charge in [0.2, 0.25) is 25.3 Å². The lowest BCUT2D eigenvalue weighted by atomic mass is 9.97. The summed E-state index contributed by atoms with van der Waals surface area (Å²) in [6, 6.07) is 35.6. The van der Waals surface area contributed by atoms with E-state index in [1.165, 1.54) is 6.92 Å². The maximum atomic E-state index is 13.9. The molecule has 4 rings (SSSR count). The van der Waals surface area contributed by atoms with Crippen LogP contribution in [0.3, 0.4) is 0 Å². The van der Waals surface area contributed by atoms with Crippen LogP contribution in [0.1, 0.15) is 41.5 Å². The van der Waals surface area contributed by atoms with Gasteiger partial charge in [-0.25, -0.2) is 0 Å². The number of ether oxygens (including phenoxy) is 1. The van der Waals surface area contributed by atoms with Gasteiger partial charge in [-0.3, -0.25) is 14.4 Å². The smallest absolute Gasteiger partial charge is 0.302 e. The van der Waals surface area contributed by atoms with Gasteiger partial charge in [0.05, 0.1) is 5.41 Å². The van der Waals surface area contributed by atoms with Crippen LogP contribution < -0.4 is 21.2 Å². The van der Waals surface area contributed by atoms with Crippen LogP contribution in [0.5, 0.6) is 0 Å². The van der Waals surface area contributed by atoms with Gasteiger partial charge in [0.25, 0.3) is 0 Å². The zero-order chi connectivity index (χ0) is 32.6. The normalized spacial score (nSPS) is 12.0. The first-order chi connectivity index (χ1) is 20.6. The van der Waals surface area contributed by atoms with Crippen molar-refractivity contribution in [3.8, 4) is 0 Å². The lowest BCUT2D eigenvalue weighted by Gasteiger charge is -2.28. The van der Waals surface area contributed by atoms with Crippen LogP contribution in [-0.2, 0) is 28.3 Å². The Morgan fingerprint density at radius 1 is 0.523 bits per heavy atom. The standard InChI is InChI=1S/C19H21O4P.C17H19O2P/c1-15(20)23-14-19(2,3)18(21)24(22,16-10-6-4-7-11-16)17-12-8-5-9-13-17;1-17(2,3)16(18)20(19,14-10-6-4-7-11-14)15-12-8-5-9-13-15/h4-13H,14H2,1-3H3;4-13H,1-3H3. The second-order valence-electron chi connectivity index (χ2n) is 12.1. The lowest BCUT2D eigenvalue weighted by molar-refractivity contribution is -0.145. The summed E-state index contributed by atoms with van der Waals surface area (Å²) in [6.45, 7) is 9.92. The Morgan fingerprint density at radius 3 is 1.05 bits per heavy atom. The first-order valence-corrected chi connectivity index (χ1v) is 17.7. The van der Waals surface area contributed by atoms with E-state index in [1.807, 2.05) is 69.3 Å². The van der Waals surface area contributed by atoms with E-state index in [2.05, 4.69) is 0 Å². The zero-order valence-corrected chi connectivity index (χ0v) is 27.9. The van der Waals surface area contributed by atoms with E-state index in [0.717, 1.165) is 0 Å². The fourth-order valence-electron chi connectivity index (χ4n) is 4.56. The number of carbonyl (C=O) groups is 3. The van der Waals surface area contributed by atoms with Gasteiger partial charge in [-0.1, -0.05) is 142 Å². The van der Waals surface area contributed by atoms with Gasteiger partial charge >= 0.3 is 5.97 Å². The average molecular weight is 631 g/mol. The Kier molecular flexibility index (Phi) is 11.2. The molecule has 4 aromatic carbocycles. The molecular formula is C36H40O6P2. The Balaban J connectivity index is 0.000000244. The van der Waals surface area contributed by atoms with Crippen LogP contribution in [0, 0.1) is 10.8 Å². The Hall–Kier alpha value is -3.85. The third-order valence-electron chi connectivity index (χ3n) is 6.91. The van der Waals surface area contributed by atoms with E-state index < -0.39 is 36.6 Å². The van der Waals surface area contributed by atoms with Gasteiger partial charge in [-0.15, -0.1) is 0 Å². The Bertz CT molecular complexity index is 1570. The molecule has 230 valence electrons. The highest BCUT2D eigenvalue weighted by molar-refractivity contribution is 7.93. The van der Waals surface area contributed by atoms with Crippen molar-refractivity contribution in [2.24, 2.45) is 10.8 Å². The van der Waals surface area contributed by atoms with Crippen LogP contribution in [0.15, 0.2) is 121 Å². The van der Waals surface area contributed by atoms with Crippen molar-refractivity contribution >= 4 is 52.5 Å². The van der Waals surface area contributed by atoms with Crippen molar-refractivity contribution in [1.82, 2.24) is 0 Å². The van der Waals surface area contributed by atoms with Gasteiger partial charge < -0.3 is 13.9 Å². The summed E-state index contributed by atoms with van der Waals surface area (Å²) in [4.78, 5) is 37.2. The molecule has 0 bridgehead atoms. The summed E-state index contributed by atoms with van der Waals surface area (Å²) < 4.78 is 32.5. The minimum Gasteiger partial charge on any atom is -0.465 e. The van der Waals surface area contributed by atoms with Crippen molar-refractivity contribution in [3.63, 3.8) is 0 Å². The van der Waals surface area contributed by atoms with E-state index in [9.17, 15) is 23.5 Å². The van der Waals surface area contributed by atoms with Crippen LogP contribution in [0.4, 0.5) is 0 Å². The van der Waals surface area contributed by atoms with Gasteiger partial charge in [0, 0.05) is 33.6 Å². The fourth-order valence-corrected chi connectivity index (χ4v) is 10.3. The lowest BCUT2D eigenvalue weighted by Crippen LogP contribution is -2.36. The van der Waals surface area contributed by atoms with Crippen molar-refractivity contribution in [2.75, 3.05) is 6.61 Å². The molecule has 0 fully saturated rings. The predicted molar refractivity (Wildman–Crippen MR) is 179 cm³/mol. The maximum absolute atomic E-state index is 13.9.